The SMILES string of the molecule is C.C=C1CC(C(=O)OC(C)(C)C)N(C(=O)OC(C)(C)C)C1=O.CC(C)(C)OC(=O)C1CCC(=O)N1C(=O)OC(C)(C)C. The standard InChI is InChI=1S/C15H23NO5.C14H23NO5.CH4/c1-9-8-10(12(18)20-14(2,3)4)16(11(9)17)13(19)21-15(5,6)7;1-13(2,3)19-11(17)9-7-8-10(16)15(9)12(18)20-14(4,5)6;/h10H,1,8H2,2-7H3;9H,7-8H2,1-6H3;1H4. The summed E-state index contributed by atoms with van der Waals surface area (Å²) in [5.74, 6) is -2.22. The molecule has 4 amide bonds. The number of imide groups is 2. The average molecular weight is 599 g/mol. The topological polar surface area (TPSA) is 146 Å². The Hall–Kier alpha value is -3.44. The van der Waals surface area contributed by atoms with Gasteiger partial charge in [0, 0.05) is 18.4 Å². The van der Waals surface area contributed by atoms with Crippen molar-refractivity contribution in [3.8, 4) is 0 Å². The molecule has 0 aromatic heterocycles. The fraction of sp³-hybridized carbons (Fsp3) is 0.733. The normalized spacial score (nSPS) is 19.4. The lowest BCUT2D eigenvalue weighted by molar-refractivity contribution is -0.162. The van der Waals surface area contributed by atoms with Gasteiger partial charge in [0.25, 0.3) is 5.91 Å². The molecule has 12 heteroatoms. The first kappa shape index (κ1) is 38.6. The van der Waals surface area contributed by atoms with Crippen molar-refractivity contribution in [2.24, 2.45) is 0 Å². The highest BCUT2D eigenvalue weighted by Crippen LogP contribution is 2.28. The lowest BCUT2D eigenvalue weighted by Gasteiger charge is -2.28. The summed E-state index contributed by atoms with van der Waals surface area (Å²) in [6, 6.07) is -1.91. The van der Waals surface area contributed by atoms with Crippen LogP contribution in [0.5, 0.6) is 0 Å². The van der Waals surface area contributed by atoms with Crippen LogP contribution in [0.3, 0.4) is 0 Å². The number of carbonyl (C=O) groups excluding carboxylic acids is 6. The zero-order chi connectivity index (χ0) is 32.3. The summed E-state index contributed by atoms with van der Waals surface area (Å²) >= 11 is 0. The Labute approximate surface area is 250 Å². The second-order valence-electron chi connectivity index (χ2n) is 13.8. The molecule has 0 saturated carbocycles. The molecule has 0 aromatic carbocycles. The third kappa shape index (κ3) is 12.2. The van der Waals surface area contributed by atoms with Crippen molar-refractivity contribution in [2.75, 3.05) is 0 Å². The van der Waals surface area contributed by atoms with Gasteiger partial charge in [0.1, 0.15) is 34.5 Å². The van der Waals surface area contributed by atoms with Gasteiger partial charge in [-0.15, -0.1) is 0 Å². The number of amides is 4. The van der Waals surface area contributed by atoms with Crippen LogP contribution in [0.4, 0.5) is 9.59 Å². The van der Waals surface area contributed by atoms with Crippen molar-refractivity contribution >= 4 is 35.9 Å². The van der Waals surface area contributed by atoms with E-state index in [0.717, 1.165) is 9.80 Å². The Balaban J connectivity index is 0.000000783. The second kappa shape index (κ2) is 13.7. The third-order valence-electron chi connectivity index (χ3n) is 5.02. The van der Waals surface area contributed by atoms with Gasteiger partial charge in [0.15, 0.2) is 0 Å². The van der Waals surface area contributed by atoms with Gasteiger partial charge in [0.05, 0.1) is 0 Å². The lowest BCUT2D eigenvalue weighted by Crippen LogP contribution is -2.47. The molecule has 0 aromatic rings. The van der Waals surface area contributed by atoms with E-state index in [1.54, 1.807) is 83.1 Å². The number of rotatable bonds is 2. The van der Waals surface area contributed by atoms with Crippen LogP contribution in [0.15, 0.2) is 12.2 Å². The monoisotopic (exact) mass is 598 g/mol. The predicted octanol–water partition coefficient (Wildman–Crippen LogP) is 5.31. The van der Waals surface area contributed by atoms with E-state index in [1.165, 1.54) is 0 Å². The van der Waals surface area contributed by atoms with Gasteiger partial charge < -0.3 is 18.9 Å². The highest BCUT2D eigenvalue weighted by molar-refractivity contribution is 6.08. The summed E-state index contributed by atoms with van der Waals surface area (Å²) in [5.41, 5.74) is -2.67. The van der Waals surface area contributed by atoms with Crippen molar-refractivity contribution in [3.63, 3.8) is 0 Å². The molecular weight excluding hydrogens is 548 g/mol. The van der Waals surface area contributed by atoms with Gasteiger partial charge in [-0.25, -0.2) is 29.0 Å². The highest BCUT2D eigenvalue weighted by Gasteiger charge is 2.46. The van der Waals surface area contributed by atoms with Crippen molar-refractivity contribution in [3.05, 3.63) is 12.2 Å². The fourth-order valence-electron chi connectivity index (χ4n) is 3.62. The number of esters is 2. The summed E-state index contributed by atoms with van der Waals surface area (Å²) in [4.78, 5) is 73.9. The van der Waals surface area contributed by atoms with Crippen LogP contribution in [-0.4, -0.2) is 80.2 Å². The minimum absolute atomic E-state index is 0. The molecule has 0 spiro atoms. The summed E-state index contributed by atoms with van der Waals surface area (Å²) in [7, 11) is 0. The van der Waals surface area contributed by atoms with Crippen molar-refractivity contribution in [1.29, 1.82) is 0 Å². The minimum Gasteiger partial charge on any atom is -0.458 e. The zero-order valence-electron chi connectivity index (χ0n) is 26.5. The molecule has 2 heterocycles. The Morgan fingerprint density at radius 2 is 1.00 bits per heavy atom. The maximum atomic E-state index is 12.2. The molecule has 240 valence electrons. The first-order chi connectivity index (χ1) is 18.2. The summed E-state index contributed by atoms with van der Waals surface area (Å²) in [5, 5.41) is 0. The quantitative estimate of drug-likeness (QED) is 0.233. The van der Waals surface area contributed by atoms with Crippen molar-refractivity contribution in [2.45, 2.75) is 144 Å². The molecule has 0 radical (unpaired) electrons. The third-order valence-corrected chi connectivity index (χ3v) is 5.02. The molecule has 0 N–H and O–H groups in total. The molecule has 2 aliphatic rings. The van der Waals surface area contributed by atoms with E-state index in [2.05, 4.69) is 6.58 Å². The second-order valence-corrected chi connectivity index (χ2v) is 13.8. The van der Waals surface area contributed by atoms with Gasteiger partial charge >= 0.3 is 24.1 Å². The largest absolute Gasteiger partial charge is 0.458 e. The molecule has 12 nitrogen and oxygen atoms in total. The molecular formula is C30H50N2O10. The maximum absolute atomic E-state index is 12.2. The van der Waals surface area contributed by atoms with E-state index in [9.17, 15) is 28.8 Å². The van der Waals surface area contributed by atoms with E-state index in [-0.39, 0.29) is 32.3 Å². The number of carbonyl (C=O) groups is 6. The van der Waals surface area contributed by atoms with E-state index < -0.39 is 70.4 Å². The highest BCUT2D eigenvalue weighted by atomic mass is 16.6. The number of nitrogens with zero attached hydrogens (tertiary/aromatic N) is 2. The molecule has 2 aliphatic heterocycles. The minimum atomic E-state index is -1.01. The fourth-order valence-corrected chi connectivity index (χ4v) is 3.62. The van der Waals surface area contributed by atoms with Gasteiger partial charge in [-0.1, -0.05) is 14.0 Å². The van der Waals surface area contributed by atoms with Gasteiger partial charge in [-0.05, 0) is 89.5 Å². The lowest BCUT2D eigenvalue weighted by atomic mass is 10.1. The number of hydrogen-bond donors (Lipinski definition) is 0. The van der Waals surface area contributed by atoms with E-state index in [4.69, 9.17) is 18.9 Å². The van der Waals surface area contributed by atoms with Crippen molar-refractivity contribution in [1.82, 2.24) is 9.80 Å². The first-order valence-corrected chi connectivity index (χ1v) is 13.5. The van der Waals surface area contributed by atoms with Gasteiger partial charge in [-0.3, -0.25) is 9.59 Å². The van der Waals surface area contributed by atoms with Crippen LogP contribution in [0.2, 0.25) is 0 Å². The van der Waals surface area contributed by atoms with E-state index in [0.29, 0.717) is 0 Å². The van der Waals surface area contributed by atoms with Crippen LogP contribution in [0.1, 0.15) is 110 Å². The van der Waals surface area contributed by atoms with Crippen LogP contribution in [0, 0.1) is 0 Å². The van der Waals surface area contributed by atoms with E-state index in [1.807, 2.05) is 0 Å². The van der Waals surface area contributed by atoms with Crippen molar-refractivity contribution < 1.29 is 47.7 Å². The first-order valence-electron chi connectivity index (χ1n) is 13.5. The molecule has 2 unspecified atom stereocenters. The number of hydrogen-bond acceptors (Lipinski definition) is 10. The summed E-state index contributed by atoms with van der Waals surface area (Å²) in [6.07, 6.45) is -1.18. The Morgan fingerprint density at radius 3 is 1.38 bits per heavy atom. The van der Waals surface area contributed by atoms with Gasteiger partial charge in [-0.2, -0.15) is 0 Å². The Kier molecular flexibility index (Phi) is 12.6. The number of likely N-dealkylation sites (tertiary alicyclic amines) is 2. The number of ether oxygens (including phenoxy) is 4. The molecule has 2 saturated heterocycles. The van der Waals surface area contributed by atoms with Crippen LogP contribution in [0.25, 0.3) is 0 Å². The molecule has 0 aliphatic carbocycles. The van der Waals surface area contributed by atoms with E-state index >= 15 is 0 Å². The summed E-state index contributed by atoms with van der Waals surface area (Å²) in [6.45, 7) is 24.1. The molecule has 42 heavy (non-hydrogen) atoms. The Bertz CT molecular complexity index is 1070. The smallest absolute Gasteiger partial charge is 0.418 e. The maximum Gasteiger partial charge on any atom is 0.418 e. The van der Waals surface area contributed by atoms with Crippen LogP contribution >= 0.6 is 0 Å². The summed E-state index contributed by atoms with van der Waals surface area (Å²) < 4.78 is 20.8. The molecule has 2 fully saturated rings. The zero-order valence-corrected chi connectivity index (χ0v) is 26.5. The molecule has 0 bridgehead atoms. The van der Waals surface area contributed by atoms with Crippen LogP contribution in [-0.2, 0) is 38.1 Å². The average Bonchev–Trinajstić information content (AvgIpc) is 3.23. The van der Waals surface area contributed by atoms with Gasteiger partial charge in [0.2, 0.25) is 5.91 Å². The molecule has 2 atom stereocenters. The Morgan fingerprint density at radius 1 is 0.643 bits per heavy atom. The predicted molar refractivity (Wildman–Crippen MR) is 155 cm³/mol. The van der Waals surface area contributed by atoms with Crippen LogP contribution < -0.4 is 0 Å². The molecule has 2 rings (SSSR count).